The van der Waals surface area contributed by atoms with Crippen LogP contribution in [0.1, 0.15) is 11.3 Å². The molecular weight excluding hydrogens is 100 g/mol. The molecule has 0 saturated heterocycles. The predicted octanol–water partition coefficient (Wildman–Crippen LogP) is 1.36. The van der Waals surface area contributed by atoms with E-state index in [0.717, 1.165) is 11.3 Å². The second-order valence-electron chi connectivity index (χ2n) is 1.67. The Bertz CT molecular complexity index is 188. The molecule has 0 aliphatic carbocycles. The van der Waals surface area contributed by atoms with Gasteiger partial charge in [-0.3, -0.25) is 5.10 Å². The first-order valence-corrected chi connectivity index (χ1v) is 2.47. The fourth-order valence-electron chi connectivity index (χ4n) is 0.563. The molecule has 0 amide bonds. The summed E-state index contributed by atoms with van der Waals surface area (Å²) in [7, 11) is 0. The van der Waals surface area contributed by atoms with E-state index in [1.807, 2.05) is 6.92 Å². The van der Waals surface area contributed by atoms with Crippen LogP contribution in [0.15, 0.2) is 12.8 Å². The Morgan fingerprint density at radius 3 is 2.88 bits per heavy atom. The van der Waals surface area contributed by atoms with Gasteiger partial charge < -0.3 is 0 Å². The summed E-state index contributed by atoms with van der Waals surface area (Å²) in [4.78, 5) is 0. The maximum Gasteiger partial charge on any atom is 0.0601 e. The van der Waals surface area contributed by atoms with Crippen molar-refractivity contribution in [3.63, 3.8) is 0 Å². The van der Waals surface area contributed by atoms with E-state index in [2.05, 4.69) is 16.8 Å². The van der Waals surface area contributed by atoms with Gasteiger partial charge in [0.1, 0.15) is 0 Å². The van der Waals surface area contributed by atoms with Gasteiger partial charge in [0, 0.05) is 0 Å². The molecule has 0 atom stereocenters. The first kappa shape index (κ1) is 5.09. The molecule has 0 unspecified atom stereocenters. The van der Waals surface area contributed by atoms with Crippen molar-refractivity contribution >= 4 is 6.08 Å². The first-order valence-electron chi connectivity index (χ1n) is 2.47. The zero-order valence-electron chi connectivity index (χ0n) is 4.81. The normalized spacial score (nSPS) is 9.12. The molecule has 0 aromatic carbocycles. The molecule has 0 bridgehead atoms. The highest BCUT2D eigenvalue weighted by molar-refractivity contribution is 5.44. The number of hydrogen-bond acceptors (Lipinski definition) is 1. The van der Waals surface area contributed by atoms with Gasteiger partial charge in [0.25, 0.3) is 0 Å². The highest BCUT2D eigenvalue weighted by atomic mass is 15.1. The number of nitrogens with one attached hydrogen (secondary N) is 1. The van der Waals surface area contributed by atoms with Crippen LogP contribution in [0.2, 0.25) is 0 Å². The smallest absolute Gasteiger partial charge is 0.0601 e. The zero-order valence-corrected chi connectivity index (χ0v) is 4.81. The SMILES string of the molecule is C=Cc1[nH]ncc1C. The molecule has 0 aliphatic heterocycles. The van der Waals surface area contributed by atoms with Crippen LogP contribution in [-0.2, 0) is 0 Å². The first-order chi connectivity index (χ1) is 3.84. The number of H-pyrrole nitrogens is 1. The summed E-state index contributed by atoms with van der Waals surface area (Å²) < 4.78 is 0. The molecule has 0 fully saturated rings. The molecule has 0 radical (unpaired) electrons. The van der Waals surface area contributed by atoms with Crippen molar-refractivity contribution in [2.24, 2.45) is 0 Å². The Morgan fingerprint density at radius 2 is 2.62 bits per heavy atom. The Morgan fingerprint density at radius 1 is 1.88 bits per heavy atom. The van der Waals surface area contributed by atoms with Gasteiger partial charge in [-0.2, -0.15) is 5.10 Å². The fourth-order valence-corrected chi connectivity index (χ4v) is 0.563. The second-order valence-corrected chi connectivity index (χ2v) is 1.67. The summed E-state index contributed by atoms with van der Waals surface area (Å²) >= 11 is 0. The summed E-state index contributed by atoms with van der Waals surface area (Å²) in [6.07, 6.45) is 3.53. The zero-order chi connectivity index (χ0) is 5.98. The van der Waals surface area contributed by atoms with Crippen LogP contribution < -0.4 is 0 Å². The largest absolute Gasteiger partial charge is 0.278 e. The van der Waals surface area contributed by atoms with Crippen molar-refractivity contribution in [1.82, 2.24) is 10.2 Å². The van der Waals surface area contributed by atoms with Crippen LogP contribution in [-0.4, -0.2) is 10.2 Å². The Hall–Kier alpha value is -1.05. The van der Waals surface area contributed by atoms with Crippen molar-refractivity contribution in [2.45, 2.75) is 6.92 Å². The maximum absolute atomic E-state index is 3.80. The van der Waals surface area contributed by atoms with E-state index in [9.17, 15) is 0 Å². The molecule has 1 aromatic rings. The van der Waals surface area contributed by atoms with E-state index in [-0.39, 0.29) is 0 Å². The minimum atomic E-state index is 1.00. The van der Waals surface area contributed by atoms with Crippen LogP contribution in [0.25, 0.3) is 6.08 Å². The van der Waals surface area contributed by atoms with E-state index in [1.165, 1.54) is 0 Å². The molecule has 1 N–H and O–H groups in total. The van der Waals surface area contributed by atoms with Crippen molar-refractivity contribution in [1.29, 1.82) is 0 Å². The molecule has 1 rings (SSSR count). The maximum atomic E-state index is 3.80. The number of aromatic nitrogens is 2. The molecule has 2 nitrogen and oxygen atoms in total. The van der Waals surface area contributed by atoms with E-state index in [0.29, 0.717) is 0 Å². The van der Waals surface area contributed by atoms with Crippen molar-refractivity contribution in [3.8, 4) is 0 Å². The highest BCUT2D eigenvalue weighted by Crippen LogP contribution is 2.01. The lowest BCUT2D eigenvalue weighted by molar-refractivity contribution is 1.08. The molecule has 42 valence electrons. The molecule has 0 aliphatic rings. The molecular formula is C6H8N2. The third kappa shape index (κ3) is 0.644. The molecule has 0 saturated carbocycles. The number of aryl methyl sites for hydroxylation is 1. The standard InChI is InChI=1S/C6H8N2/c1-3-6-5(2)4-7-8-6/h3-4H,1H2,2H3,(H,7,8). The topological polar surface area (TPSA) is 28.7 Å². The van der Waals surface area contributed by atoms with Crippen LogP contribution in [0.5, 0.6) is 0 Å². The summed E-state index contributed by atoms with van der Waals surface area (Å²) in [6.45, 7) is 5.58. The minimum absolute atomic E-state index is 1.00. The minimum Gasteiger partial charge on any atom is -0.278 e. The number of rotatable bonds is 1. The van der Waals surface area contributed by atoms with Gasteiger partial charge in [-0.15, -0.1) is 0 Å². The molecule has 8 heavy (non-hydrogen) atoms. The molecule has 1 aromatic heterocycles. The van der Waals surface area contributed by atoms with Gasteiger partial charge in [0.2, 0.25) is 0 Å². The third-order valence-electron chi connectivity index (χ3n) is 1.07. The Labute approximate surface area is 48.2 Å². The third-order valence-corrected chi connectivity index (χ3v) is 1.07. The van der Waals surface area contributed by atoms with E-state index in [4.69, 9.17) is 0 Å². The van der Waals surface area contributed by atoms with E-state index in [1.54, 1.807) is 12.3 Å². The van der Waals surface area contributed by atoms with Gasteiger partial charge in [-0.05, 0) is 18.6 Å². The van der Waals surface area contributed by atoms with Gasteiger partial charge in [-0.25, -0.2) is 0 Å². The van der Waals surface area contributed by atoms with Gasteiger partial charge in [-0.1, -0.05) is 6.58 Å². The Kier molecular flexibility index (Phi) is 1.16. The summed E-state index contributed by atoms with van der Waals surface area (Å²) in [5.41, 5.74) is 2.14. The lowest BCUT2D eigenvalue weighted by Gasteiger charge is -1.81. The van der Waals surface area contributed by atoms with Gasteiger partial charge >= 0.3 is 0 Å². The van der Waals surface area contributed by atoms with Gasteiger partial charge in [0.05, 0.1) is 11.9 Å². The van der Waals surface area contributed by atoms with Crippen LogP contribution >= 0.6 is 0 Å². The lowest BCUT2D eigenvalue weighted by atomic mass is 10.3. The predicted molar refractivity (Wildman–Crippen MR) is 33.4 cm³/mol. The summed E-state index contributed by atoms with van der Waals surface area (Å²) in [5.74, 6) is 0. The van der Waals surface area contributed by atoms with Crippen LogP contribution in [0, 0.1) is 6.92 Å². The highest BCUT2D eigenvalue weighted by Gasteiger charge is 1.90. The van der Waals surface area contributed by atoms with Crippen molar-refractivity contribution < 1.29 is 0 Å². The number of hydrogen-bond donors (Lipinski definition) is 1. The lowest BCUT2D eigenvalue weighted by Crippen LogP contribution is -1.71. The van der Waals surface area contributed by atoms with E-state index >= 15 is 0 Å². The number of aromatic amines is 1. The summed E-state index contributed by atoms with van der Waals surface area (Å²) in [6, 6.07) is 0. The van der Waals surface area contributed by atoms with Crippen molar-refractivity contribution in [2.75, 3.05) is 0 Å². The fraction of sp³-hybridized carbons (Fsp3) is 0.167. The molecule has 2 heteroatoms. The van der Waals surface area contributed by atoms with Crippen LogP contribution in [0.3, 0.4) is 0 Å². The average Bonchev–Trinajstić information content (AvgIpc) is 2.14. The van der Waals surface area contributed by atoms with Gasteiger partial charge in [0.15, 0.2) is 0 Å². The number of nitrogens with zero attached hydrogens (tertiary/aromatic N) is 1. The Balaban J connectivity index is 3.09. The average molecular weight is 108 g/mol. The summed E-state index contributed by atoms with van der Waals surface area (Å²) in [5, 5.41) is 6.58. The molecule has 1 heterocycles. The second kappa shape index (κ2) is 1.82. The molecule has 0 spiro atoms. The quantitative estimate of drug-likeness (QED) is 0.578. The monoisotopic (exact) mass is 108 g/mol. The van der Waals surface area contributed by atoms with Crippen LogP contribution in [0.4, 0.5) is 0 Å². The van der Waals surface area contributed by atoms with Crippen molar-refractivity contribution in [3.05, 3.63) is 24.0 Å². The van der Waals surface area contributed by atoms with E-state index < -0.39 is 0 Å².